The van der Waals surface area contributed by atoms with E-state index in [1.807, 2.05) is 0 Å². The van der Waals surface area contributed by atoms with Gasteiger partial charge in [-0.2, -0.15) is 0 Å². The van der Waals surface area contributed by atoms with Crippen LogP contribution in [0, 0.1) is 11.7 Å². The van der Waals surface area contributed by atoms with Gasteiger partial charge in [0.2, 0.25) is 0 Å². The predicted octanol–water partition coefficient (Wildman–Crippen LogP) is 2.65. The highest BCUT2D eigenvalue weighted by atomic mass is 35.5. The van der Waals surface area contributed by atoms with Crippen molar-refractivity contribution in [1.29, 1.82) is 0 Å². The van der Waals surface area contributed by atoms with Crippen LogP contribution in [-0.4, -0.2) is 5.78 Å². The molecule has 0 radical (unpaired) electrons. The second-order valence-corrected chi connectivity index (χ2v) is 3.91. The largest absolute Gasteiger partial charge is 0.399 e. The molecular weight excluding hydrogens is 205 g/mol. The van der Waals surface area contributed by atoms with E-state index in [1.165, 1.54) is 12.1 Å². The van der Waals surface area contributed by atoms with Crippen molar-refractivity contribution in [3.63, 3.8) is 0 Å². The minimum Gasteiger partial charge on any atom is -0.399 e. The average Bonchev–Trinajstić information content (AvgIpc) is 2.93. The Morgan fingerprint density at radius 2 is 2.14 bits per heavy atom. The molecule has 0 atom stereocenters. The van der Waals surface area contributed by atoms with Crippen molar-refractivity contribution in [3.8, 4) is 0 Å². The summed E-state index contributed by atoms with van der Waals surface area (Å²) in [5.41, 5.74) is 5.83. The monoisotopic (exact) mass is 213 g/mol. The smallest absolute Gasteiger partial charge is 0.169 e. The topological polar surface area (TPSA) is 43.1 Å². The predicted molar refractivity (Wildman–Crippen MR) is 52.9 cm³/mol. The molecule has 2 nitrogen and oxygen atoms in total. The lowest BCUT2D eigenvalue weighted by atomic mass is 10.1. The van der Waals surface area contributed by atoms with Crippen LogP contribution in [0.15, 0.2) is 12.1 Å². The molecule has 1 aromatic rings. The molecule has 0 spiro atoms. The minimum atomic E-state index is -0.655. The first-order valence-corrected chi connectivity index (χ1v) is 4.76. The van der Waals surface area contributed by atoms with Crippen molar-refractivity contribution >= 4 is 23.1 Å². The Morgan fingerprint density at radius 3 is 2.71 bits per heavy atom. The summed E-state index contributed by atoms with van der Waals surface area (Å²) in [5.74, 6) is -0.864. The van der Waals surface area contributed by atoms with Gasteiger partial charge < -0.3 is 5.73 Å². The van der Waals surface area contributed by atoms with Crippen LogP contribution in [0.4, 0.5) is 10.1 Å². The number of hydrogen-bond donors (Lipinski definition) is 1. The third kappa shape index (κ3) is 1.60. The number of Topliss-reactive ketones (excluding diaryl/α,β-unsaturated/α-hetero) is 1. The van der Waals surface area contributed by atoms with Gasteiger partial charge in [-0.15, -0.1) is 0 Å². The Balaban J connectivity index is 2.45. The molecule has 0 saturated heterocycles. The van der Waals surface area contributed by atoms with Crippen molar-refractivity contribution in [1.82, 2.24) is 0 Å². The third-order valence-corrected chi connectivity index (χ3v) is 2.54. The number of benzene rings is 1. The zero-order valence-corrected chi connectivity index (χ0v) is 8.14. The molecule has 0 amide bonds. The maximum atomic E-state index is 13.4. The lowest BCUT2D eigenvalue weighted by molar-refractivity contribution is 0.0963. The first kappa shape index (κ1) is 9.46. The Hall–Kier alpha value is -1.09. The van der Waals surface area contributed by atoms with Crippen molar-refractivity contribution < 1.29 is 9.18 Å². The molecule has 0 bridgehead atoms. The number of nitrogens with two attached hydrogens (primary N) is 1. The number of hydrogen-bond acceptors (Lipinski definition) is 2. The fourth-order valence-corrected chi connectivity index (χ4v) is 1.58. The van der Waals surface area contributed by atoms with Gasteiger partial charge >= 0.3 is 0 Å². The van der Waals surface area contributed by atoms with E-state index in [0.29, 0.717) is 5.69 Å². The number of rotatable bonds is 2. The molecule has 74 valence electrons. The average molecular weight is 214 g/mol. The summed E-state index contributed by atoms with van der Waals surface area (Å²) in [4.78, 5) is 11.6. The molecule has 1 aromatic carbocycles. The van der Waals surface area contributed by atoms with E-state index in [9.17, 15) is 9.18 Å². The molecule has 4 heteroatoms. The number of carbonyl (C=O) groups is 1. The molecule has 0 heterocycles. The highest BCUT2D eigenvalue weighted by Gasteiger charge is 2.32. The zero-order chi connectivity index (χ0) is 10.3. The van der Waals surface area contributed by atoms with Crippen LogP contribution in [0.1, 0.15) is 23.2 Å². The molecule has 2 N–H and O–H groups in total. The van der Waals surface area contributed by atoms with Gasteiger partial charge in [-0.1, -0.05) is 11.6 Å². The zero-order valence-electron chi connectivity index (χ0n) is 7.39. The summed E-state index contributed by atoms with van der Waals surface area (Å²) in [5, 5.41) is -0.0889. The summed E-state index contributed by atoms with van der Waals surface area (Å²) in [6.45, 7) is 0. The number of carbonyl (C=O) groups excluding carboxylic acids is 1. The first-order valence-electron chi connectivity index (χ1n) is 4.38. The molecule has 0 aliphatic heterocycles. The van der Waals surface area contributed by atoms with Crippen LogP contribution < -0.4 is 5.73 Å². The Labute approximate surface area is 85.9 Å². The van der Waals surface area contributed by atoms with Gasteiger partial charge in [-0.05, 0) is 25.0 Å². The van der Waals surface area contributed by atoms with Gasteiger partial charge in [-0.25, -0.2) is 4.39 Å². The normalized spacial score (nSPS) is 15.6. The number of ketones is 1. The molecular formula is C10H9ClFNO. The van der Waals surface area contributed by atoms with Crippen molar-refractivity contribution in [2.75, 3.05) is 5.73 Å². The van der Waals surface area contributed by atoms with Gasteiger partial charge in [0.1, 0.15) is 0 Å². The summed E-state index contributed by atoms with van der Waals surface area (Å²) in [6.07, 6.45) is 1.68. The molecule has 2 rings (SSSR count). The SMILES string of the molecule is Nc1cc(Cl)c(F)c(C(=O)C2CC2)c1. The molecule has 14 heavy (non-hydrogen) atoms. The molecule has 1 aliphatic rings. The lowest BCUT2D eigenvalue weighted by Crippen LogP contribution is -2.06. The van der Waals surface area contributed by atoms with E-state index in [-0.39, 0.29) is 22.3 Å². The van der Waals surface area contributed by atoms with Crippen molar-refractivity contribution in [2.45, 2.75) is 12.8 Å². The summed E-state index contributed by atoms with van der Waals surface area (Å²) in [7, 11) is 0. The fraction of sp³-hybridized carbons (Fsp3) is 0.300. The van der Waals surface area contributed by atoms with Crippen molar-refractivity contribution in [3.05, 3.63) is 28.5 Å². The second kappa shape index (κ2) is 3.24. The van der Waals surface area contributed by atoms with Crippen LogP contribution in [0.25, 0.3) is 0 Å². The standard InChI is InChI=1S/C10H9ClFNO/c11-8-4-6(13)3-7(9(8)12)10(14)5-1-2-5/h3-5H,1-2,13H2. The van der Waals surface area contributed by atoms with Gasteiger partial charge in [0.15, 0.2) is 11.6 Å². The van der Waals surface area contributed by atoms with E-state index in [0.717, 1.165) is 12.8 Å². The van der Waals surface area contributed by atoms with Crippen LogP contribution in [-0.2, 0) is 0 Å². The third-order valence-electron chi connectivity index (χ3n) is 2.26. The maximum Gasteiger partial charge on any atom is 0.169 e. The van der Waals surface area contributed by atoms with E-state index in [4.69, 9.17) is 17.3 Å². The molecule has 1 saturated carbocycles. The fourth-order valence-electron chi connectivity index (χ4n) is 1.35. The van der Waals surface area contributed by atoms with Crippen LogP contribution in [0.3, 0.4) is 0 Å². The van der Waals surface area contributed by atoms with Crippen LogP contribution in [0.2, 0.25) is 5.02 Å². The minimum absolute atomic E-state index is 0.0255. The summed E-state index contributed by atoms with van der Waals surface area (Å²) in [6, 6.07) is 2.66. The van der Waals surface area contributed by atoms with Crippen LogP contribution in [0.5, 0.6) is 0 Å². The van der Waals surface area contributed by atoms with E-state index >= 15 is 0 Å². The van der Waals surface area contributed by atoms with Gasteiger partial charge in [0, 0.05) is 11.6 Å². The molecule has 0 aromatic heterocycles. The number of halogens is 2. The second-order valence-electron chi connectivity index (χ2n) is 3.50. The molecule has 0 unspecified atom stereocenters. The van der Waals surface area contributed by atoms with E-state index in [1.54, 1.807) is 0 Å². The van der Waals surface area contributed by atoms with Crippen LogP contribution >= 0.6 is 11.6 Å². The number of nitrogen functional groups attached to an aromatic ring is 1. The maximum absolute atomic E-state index is 13.4. The quantitative estimate of drug-likeness (QED) is 0.606. The Morgan fingerprint density at radius 1 is 1.50 bits per heavy atom. The van der Waals surface area contributed by atoms with Gasteiger partial charge in [-0.3, -0.25) is 4.79 Å². The van der Waals surface area contributed by atoms with Gasteiger partial charge in [0.05, 0.1) is 10.6 Å². The van der Waals surface area contributed by atoms with E-state index in [2.05, 4.69) is 0 Å². The van der Waals surface area contributed by atoms with Gasteiger partial charge in [0.25, 0.3) is 0 Å². The Bertz CT molecular complexity index is 401. The number of anilines is 1. The highest BCUT2D eigenvalue weighted by molar-refractivity contribution is 6.31. The Kier molecular flexibility index (Phi) is 2.19. The molecule has 1 fully saturated rings. The van der Waals surface area contributed by atoms with E-state index < -0.39 is 5.82 Å². The first-order chi connectivity index (χ1) is 6.59. The molecule has 1 aliphatic carbocycles. The lowest BCUT2D eigenvalue weighted by Gasteiger charge is -2.04. The summed E-state index contributed by atoms with van der Waals surface area (Å²) >= 11 is 5.58. The summed E-state index contributed by atoms with van der Waals surface area (Å²) < 4.78 is 13.4. The van der Waals surface area contributed by atoms with Crippen molar-refractivity contribution in [2.24, 2.45) is 5.92 Å². The highest BCUT2D eigenvalue weighted by Crippen LogP contribution is 2.35.